The first-order valence-corrected chi connectivity index (χ1v) is 10.2. The van der Waals surface area contributed by atoms with Gasteiger partial charge in [0.15, 0.2) is 11.5 Å². The summed E-state index contributed by atoms with van der Waals surface area (Å²) in [7, 11) is 0. The monoisotopic (exact) mass is 504 g/mol. The number of nitrogens with zero attached hydrogens (tertiary/aromatic N) is 2. The standard InChI is InChI=1S/C20H14F6N4O3S/c21-19(22,23)11-4-2-1-3-10(11)7-8-27-18(33)14-16(28-9-34-14)30-17(32)12-5-6-13(31)15(29-12)20(24,25)26/h1-6,9,31H,7-8H2,(H,27,33)(H,30,32). The first-order valence-electron chi connectivity index (χ1n) is 9.33. The highest BCUT2D eigenvalue weighted by atomic mass is 32.1. The van der Waals surface area contributed by atoms with E-state index in [9.17, 15) is 41.0 Å². The number of benzene rings is 1. The Morgan fingerprint density at radius 1 is 0.971 bits per heavy atom. The Kier molecular flexibility index (Phi) is 7.09. The Labute approximate surface area is 191 Å². The highest BCUT2D eigenvalue weighted by Gasteiger charge is 2.37. The molecule has 2 heterocycles. The van der Waals surface area contributed by atoms with Crippen molar-refractivity contribution < 1.29 is 41.0 Å². The molecule has 0 aliphatic heterocycles. The molecule has 0 bridgehead atoms. The van der Waals surface area contributed by atoms with Crippen LogP contribution in [0.15, 0.2) is 41.9 Å². The molecule has 180 valence electrons. The summed E-state index contributed by atoms with van der Waals surface area (Å²) in [6.45, 7) is -0.161. The van der Waals surface area contributed by atoms with E-state index in [0.717, 1.165) is 23.5 Å². The predicted octanol–water partition coefficient (Wildman–Crippen LogP) is 4.51. The van der Waals surface area contributed by atoms with Gasteiger partial charge in [0.1, 0.15) is 16.3 Å². The van der Waals surface area contributed by atoms with Crippen LogP contribution >= 0.6 is 11.3 Å². The zero-order chi connectivity index (χ0) is 25.1. The number of nitrogens with one attached hydrogen (secondary N) is 2. The van der Waals surface area contributed by atoms with Crippen molar-refractivity contribution in [2.75, 3.05) is 11.9 Å². The van der Waals surface area contributed by atoms with Crippen LogP contribution in [0.2, 0.25) is 0 Å². The number of carbonyl (C=O) groups is 2. The number of amides is 2. The number of pyridine rings is 1. The first kappa shape index (κ1) is 25.0. The average molecular weight is 504 g/mol. The fourth-order valence-corrected chi connectivity index (χ4v) is 3.52. The molecule has 14 heteroatoms. The van der Waals surface area contributed by atoms with Crippen molar-refractivity contribution >= 4 is 29.0 Å². The van der Waals surface area contributed by atoms with Gasteiger partial charge in [0.2, 0.25) is 0 Å². The van der Waals surface area contributed by atoms with Crippen molar-refractivity contribution in [3.63, 3.8) is 0 Å². The van der Waals surface area contributed by atoms with Crippen LogP contribution in [0.5, 0.6) is 5.75 Å². The quantitative estimate of drug-likeness (QED) is 0.429. The Morgan fingerprint density at radius 2 is 1.68 bits per heavy atom. The van der Waals surface area contributed by atoms with Crippen LogP contribution < -0.4 is 10.6 Å². The van der Waals surface area contributed by atoms with E-state index in [1.165, 1.54) is 23.7 Å². The Balaban J connectivity index is 1.67. The van der Waals surface area contributed by atoms with Gasteiger partial charge in [-0.25, -0.2) is 9.97 Å². The van der Waals surface area contributed by atoms with Crippen LogP contribution in [-0.2, 0) is 18.8 Å². The minimum Gasteiger partial charge on any atom is -0.506 e. The van der Waals surface area contributed by atoms with Crippen molar-refractivity contribution in [1.82, 2.24) is 15.3 Å². The molecule has 0 saturated heterocycles. The summed E-state index contributed by atoms with van der Waals surface area (Å²) < 4.78 is 77.9. The minimum atomic E-state index is -5.00. The lowest BCUT2D eigenvalue weighted by atomic mass is 10.0. The van der Waals surface area contributed by atoms with Crippen LogP contribution in [0.3, 0.4) is 0 Å². The van der Waals surface area contributed by atoms with E-state index in [1.807, 2.05) is 0 Å². The molecule has 3 rings (SSSR count). The molecule has 0 unspecified atom stereocenters. The number of carbonyl (C=O) groups excluding carboxylic acids is 2. The summed E-state index contributed by atoms with van der Waals surface area (Å²) in [5.74, 6) is -3.31. The minimum absolute atomic E-state index is 0.0213. The molecule has 2 aromatic heterocycles. The maximum Gasteiger partial charge on any atom is 0.437 e. The number of anilines is 1. The van der Waals surface area contributed by atoms with E-state index >= 15 is 0 Å². The van der Waals surface area contributed by atoms with E-state index in [-0.39, 0.29) is 29.2 Å². The molecule has 0 aliphatic carbocycles. The molecule has 7 nitrogen and oxygen atoms in total. The third-order valence-electron chi connectivity index (χ3n) is 4.38. The van der Waals surface area contributed by atoms with E-state index < -0.39 is 46.9 Å². The van der Waals surface area contributed by atoms with Crippen LogP contribution in [-0.4, -0.2) is 33.4 Å². The SMILES string of the molecule is O=C(Nc1ncsc1C(=O)NCCc1ccccc1C(F)(F)F)c1ccc(O)c(C(F)(F)F)n1. The van der Waals surface area contributed by atoms with Gasteiger partial charge in [0.05, 0.1) is 11.1 Å². The third kappa shape index (κ3) is 5.81. The normalized spacial score (nSPS) is 11.8. The molecule has 0 fully saturated rings. The van der Waals surface area contributed by atoms with Gasteiger partial charge in [0, 0.05) is 6.54 Å². The van der Waals surface area contributed by atoms with Gasteiger partial charge >= 0.3 is 12.4 Å². The molecule has 1 aromatic carbocycles. The Bertz CT molecular complexity index is 1210. The second kappa shape index (κ2) is 9.67. The number of halogens is 6. The second-order valence-corrected chi connectivity index (χ2v) is 7.56. The van der Waals surface area contributed by atoms with Crippen LogP contribution in [0.1, 0.15) is 37.0 Å². The fraction of sp³-hybridized carbons (Fsp3) is 0.200. The number of rotatable bonds is 6. The number of alkyl halides is 6. The van der Waals surface area contributed by atoms with Gasteiger partial charge < -0.3 is 15.7 Å². The summed E-state index contributed by atoms with van der Waals surface area (Å²) in [6, 6.07) is 6.40. The largest absolute Gasteiger partial charge is 0.506 e. The summed E-state index contributed by atoms with van der Waals surface area (Å²) in [6.07, 6.45) is -9.68. The zero-order valence-electron chi connectivity index (χ0n) is 16.8. The van der Waals surface area contributed by atoms with Crippen LogP contribution in [0, 0.1) is 0 Å². The van der Waals surface area contributed by atoms with Gasteiger partial charge in [-0.3, -0.25) is 9.59 Å². The molecule has 34 heavy (non-hydrogen) atoms. The van der Waals surface area contributed by atoms with Crippen molar-refractivity contribution in [3.05, 3.63) is 69.3 Å². The molecule has 2 amide bonds. The molecule has 0 spiro atoms. The van der Waals surface area contributed by atoms with E-state index in [2.05, 4.69) is 20.6 Å². The maximum absolute atomic E-state index is 13.1. The van der Waals surface area contributed by atoms with Crippen molar-refractivity contribution in [3.8, 4) is 5.75 Å². The van der Waals surface area contributed by atoms with E-state index in [4.69, 9.17) is 0 Å². The number of hydrogen-bond acceptors (Lipinski definition) is 6. The van der Waals surface area contributed by atoms with Gasteiger partial charge in [-0.05, 0) is 30.2 Å². The lowest BCUT2D eigenvalue weighted by molar-refractivity contribution is -0.142. The third-order valence-corrected chi connectivity index (χ3v) is 5.21. The highest BCUT2D eigenvalue weighted by molar-refractivity contribution is 7.12. The first-order chi connectivity index (χ1) is 15.9. The maximum atomic E-state index is 13.1. The van der Waals surface area contributed by atoms with E-state index in [0.29, 0.717) is 6.07 Å². The Hall–Kier alpha value is -3.68. The second-order valence-electron chi connectivity index (χ2n) is 6.71. The summed E-state index contributed by atoms with van der Waals surface area (Å²) in [5, 5.41) is 13.9. The number of thiazole rings is 1. The molecule has 0 radical (unpaired) electrons. The smallest absolute Gasteiger partial charge is 0.437 e. The molecule has 3 N–H and O–H groups in total. The molecule has 0 saturated carbocycles. The highest BCUT2D eigenvalue weighted by Crippen LogP contribution is 2.34. The van der Waals surface area contributed by atoms with Crippen LogP contribution in [0.25, 0.3) is 0 Å². The molecule has 3 aromatic rings. The average Bonchev–Trinajstić information content (AvgIpc) is 3.21. The summed E-state index contributed by atoms with van der Waals surface area (Å²) in [5.41, 5.74) is -2.00. The van der Waals surface area contributed by atoms with Crippen molar-refractivity contribution in [2.45, 2.75) is 18.8 Å². The van der Waals surface area contributed by atoms with Gasteiger partial charge in [0.25, 0.3) is 11.8 Å². The fourth-order valence-electron chi connectivity index (χ4n) is 2.86. The lowest BCUT2D eigenvalue weighted by Crippen LogP contribution is -2.27. The van der Waals surface area contributed by atoms with Gasteiger partial charge in [-0.2, -0.15) is 26.3 Å². The molecular weight excluding hydrogens is 490 g/mol. The van der Waals surface area contributed by atoms with Crippen molar-refractivity contribution in [2.24, 2.45) is 0 Å². The van der Waals surface area contributed by atoms with Crippen molar-refractivity contribution in [1.29, 1.82) is 0 Å². The van der Waals surface area contributed by atoms with Crippen LogP contribution in [0.4, 0.5) is 32.2 Å². The zero-order valence-corrected chi connectivity index (χ0v) is 17.6. The Morgan fingerprint density at radius 3 is 2.35 bits per heavy atom. The van der Waals surface area contributed by atoms with E-state index in [1.54, 1.807) is 0 Å². The molecule has 0 aliphatic rings. The van der Waals surface area contributed by atoms with Gasteiger partial charge in [-0.15, -0.1) is 11.3 Å². The summed E-state index contributed by atoms with van der Waals surface area (Å²) >= 11 is 0.800. The molecular formula is C20H14F6N4O3S. The molecule has 0 atom stereocenters. The summed E-state index contributed by atoms with van der Waals surface area (Å²) in [4.78, 5) is 31.5. The number of aromatic hydroxyl groups is 1. The van der Waals surface area contributed by atoms with Gasteiger partial charge in [-0.1, -0.05) is 18.2 Å². The lowest BCUT2D eigenvalue weighted by Gasteiger charge is -2.13. The number of aromatic nitrogens is 2. The number of hydrogen-bond donors (Lipinski definition) is 3. The predicted molar refractivity (Wildman–Crippen MR) is 108 cm³/mol. The topological polar surface area (TPSA) is 104 Å².